The highest BCUT2D eigenvalue weighted by molar-refractivity contribution is 6.07. The minimum Gasteiger partial charge on any atom is -0.496 e. The third kappa shape index (κ3) is 3.94. The Morgan fingerprint density at radius 2 is 1.72 bits per heavy atom. The third-order valence-corrected chi connectivity index (χ3v) is 4.66. The number of piperazine rings is 1. The van der Waals surface area contributed by atoms with Gasteiger partial charge in [0.15, 0.2) is 0 Å². The molecule has 132 valence electrons. The van der Waals surface area contributed by atoms with E-state index in [0.717, 1.165) is 44.1 Å². The highest BCUT2D eigenvalue weighted by atomic mass is 16.5. The van der Waals surface area contributed by atoms with E-state index in [0.29, 0.717) is 11.3 Å². The van der Waals surface area contributed by atoms with Crippen LogP contribution in [0.4, 0.5) is 11.4 Å². The molecule has 0 spiro atoms. The van der Waals surface area contributed by atoms with Crippen molar-refractivity contribution < 1.29 is 9.53 Å². The van der Waals surface area contributed by atoms with E-state index in [1.807, 2.05) is 30.3 Å². The first kappa shape index (κ1) is 17.3. The summed E-state index contributed by atoms with van der Waals surface area (Å²) >= 11 is 0. The second kappa shape index (κ2) is 8.03. The number of para-hydroxylation sites is 3. The van der Waals surface area contributed by atoms with E-state index in [1.54, 1.807) is 19.2 Å². The summed E-state index contributed by atoms with van der Waals surface area (Å²) in [6.07, 6.45) is 0. The lowest BCUT2D eigenvalue weighted by Crippen LogP contribution is -2.46. The number of hydrogen-bond donors (Lipinski definition) is 1. The van der Waals surface area contributed by atoms with Gasteiger partial charge >= 0.3 is 0 Å². The lowest BCUT2D eigenvalue weighted by Gasteiger charge is -2.36. The molecule has 0 atom stereocenters. The second-order valence-electron chi connectivity index (χ2n) is 6.09. The first-order valence-corrected chi connectivity index (χ1v) is 8.73. The zero-order valence-corrected chi connectivity index (χ0v) is 14.9. The minimum absolute atomic E-state index is 0.155. The van der Waals surface area contributed by atoms with E-state index in [2.05, 4.69) is 28.1 Å². The van der Waals surface area contributed by atoms with Gasteiger partial charge in [0.1, 0.15) is 5.75 Å². The summed E-state index contributed by atoms with van der Waals surface area (Å²) in [4.78, 5) is 17.5. The molecule has 0 aromatic heterocycles. The molecule has 0 unspecified atom stereocenters. The van der Waals surface area contributed by atoms with Crippen LogP contribution >= 0.6 is 0 Å². The summed E-state index contributed by atoms with van der Waals surface area (Å²) in [5.41, 5.74) is 2.44. The van der Waals surface area contributed by atoms with Crippen LogP contribution in [0.5, 0.6) is 5.75 Å². The van der Waals surface area contributed by atoms with Gasteiger partial charge in [-0.1, -0.05) is 31.2 Å². The number of carbonyl (C=O) groups excluding carboxylic acids is 1. The topological polar surface area (TPSA) is 44.8 Å². The lowest BCUT2D eigenvalue weighted by atomic mass is 10.1. The van der Waals surface area contributed by atoms with Crippen molar-refractivity contribution in [1.82, 2.24) is 4.90 Å². The van der Waals surface area contributed by atoms with Gasteiger partial charge < -0.3 is 19.9 Å². The van der Waals surface area contributed by atoms with E-state index in [1.165, 1.54) is 0 Å². The van der Waals surface area contributed by atoms with Crippen molar-refractivity contribution in [2.24, 2.45) is 0 Å². The van der Waals surface area contributed by atoms with E-state index in [-0.39, 0.29) is 5.91 Å². The fourth-order valence-electron chi connectivity index (χ4n) is 3.18. The van der Waals surface area contributed by atoms with Crippen LogP contribution < -0.4 is 15.0 Å². The molecular formula is C20H25N3O2. The summed E-state index contributed by atoms with van der Waals surface area (Å²) in [5, 5.41) is 3.05. The van der Waals surface area contributed by atoms with Gasteiger partial charge in [-0.15, -0.1) is 0 Å². The molecule has 1 aliphatic rings. The van der Waals surface area contributed by atoms with Crippen molar-refractivity contribution in [3.05, 3.63) is 54.1 Å². The van der Waals surface area contributed by atoms with Gasteiger partial charge in [-0.2, -0.15) is 0 Å². The molecule has 0 radical (unpaired) electrons. The van der Waals surface area contributed by atoms with Gasteiger partial charge in [-0.3, -0.25) is 4.79 Å². The molecule has 1 N–H and O–H groups in total. The molecule has 1 saturated heterocycles. The van der Waals surface area contributed by atoms with Crippen molar-refractivity contribution in [1.29, 1.82) is 0 Å². The van der Waals surface area contributed by atoms with Crippen molar-refractivity contribution in [3.63, 3.8) is 0 Å². The monoisotopic (exact) mass is 339 g/mol. The molecule has 0 bridgehead atoms. The predicted molar refractivity (Wildman–Crippen MR) is 102 cm³/mol. The Labute approximate surface area is 149 Å². The Kier molecular flexibility index (Phi) is 5.56. The molecule has 1 aliphatic heterocycles. The summed E-state index contributed by atoms with van der Waals surface area (Å²) < 4.78 is 5.30. The molecule has 3 rings (SSSR count). The quantitative estimate of drug-likeness (QED) is 0.909. The Hall–Kier alpha value is -2.53. The van der Waals surface area contributed by atoms with Gasteiger partial charge in [-0.05, 0) is 30.8 Å². The summed E-state index contributed by atoms with van der Waals surface area (Å²) in [7, 11) is 1.58. The number of ether oxygens (including phenoxy) is 1. The molecule has 2 aromatic carbocycles. The number of nitrogens with one attached hydrogen (secondary N) is 1. The van der Waals surface area contributed by atoms with Crippen molar-refractivity contribution in [2.45, 2.75) is 6.92 Å². The maximum absolute atomic E-state index is 12.7. The fraction of sp³-hybridized carbons (Fsp3) is 0.350. The highest BCUT2D eigenvalue weighted by Crippen LogP contribution is 2.28. The molecule has 1 heterocycles. The van der Waals surface area contributed by atoms with Gasteiger partial charge in [0, 0.05) is 26.2 Å². The largest absolute Gasteiger partial charge is 0.496 e. The lowest BCUT2D eigenvalue weighted by molar-refractivity contribution is 0.102. The van der Waals surface area contributed by atoms with Crippen LogP contribution in [0.1, 0.15) is 17.3 Å². The molecule has 5 heteroatoms. The maximum atomic E-state index is 12.7. The van der Waals surface area contributed by atoms with Crippen LogP contribution in [0.3, 0.4) is 0 Å². The Bertz CT molecular complexity index is 724. The highest BCUT2D eigenvalue weighted by Gasteiger charge is 2.19. The number of nitrogens with zero attached hydrogens (tertiary/aromatic N) is 2. The van der Waals surface area contributed by atoms with Gasteiger partial charge in [0.25, 0.3) is 5.91 Å². The summed E-state index contributed by atoms with van der Waals surface area (Å²) in [6, 6.07) is 15.3. The normalized spacial score (nSPS) is 15.0. The van der Waals surface area contributed by atoms with Gasteiger partial charge in [-0.25, -0.2) is 0 Å². The zero-order chi connectivity index (χ0) is 17.6. The average molecular weight is 339 g/mol. The second-order valence-corrected chi connectivity index (χ2v) is 6.09. The van der Waals surface area contributed by atoms with E-state index in [4.69, 9.17) is 4.74 Å². The number of benzene rings is 2. The van der Waals surface area contributed by atoms with Crippen LogP contribution in [0.15, 0.2) is 48.5 Å². The van der Waals surface area contributed by atoms with Crippen molar-refractivity contribution >= 4 is 17.3 Å². The average Bonchev–Trinajstić information content (AvgIpc) is 2.68. The molecule has 5 nitrogen and oxygen atoms in total. The molecule has 1 amide bonds. The van der Waals surface area contributed by atoms with Crippen LogP contribution in [-0.2, 0) is 0 Å². The fourth-order valence-corrected chi connectivity index (χ4v) is 3.18. The number of anilines is 2. The summed E-state index contributed by atoms with van der Waals surface area (Å²) in [6.45, 7) is 7.30. The van der Waals surface area contributed by atoms with E-state index < -0.39 is 0 Å². The van der Waals surface area contributed by atoms with Gasteiger partial charge in [0.2, 0.25) is 0 Å². The Morgan fingerprint density at radius 3 is 2.44 bits per heavy atom. The first-order valence-electron chi connectivity index (χ1n) is 8.73. The van der Waals surface area contributed by atoms with E-state index >= 15 is 0 Å². The number of likely N-dealkylation sites (N-methyl/N-ethyl adjacent to an activating group) is 1. The molecule has 25 heavy (non-hydrogen) atoms. The number of amides is 1. The summed E-state index contributed by atoms with van der Waals surface area (Å²) in [5.74, 6) is 0.422. The molecule has 0 saturated carbocycles. The smallest absolute Gasteiger partial charge is 0.259 e. The van der Waals surface area contributed by atoms with Gasteiger partial charge in [0.05, 0.1) is 24.0 Å². The van der Waals surface area contributed by atoms with E-state index in [9.17, 15) is 4.79 Å². The number of hydrogen-bond acceptors (Lipinski definition) is 4. The third-order valence-electron chi connectivity index (χ3n) is 4.66. The van der Waals surface area contributed by atoms with Crippen molar-refractivity contribution in [3.8, 4) is 5.75 Å². The van der Waals surface area contributed by atoms with Crippen LogP contribution in [0, 0.1) is 0 Å². The van der Waals surface area contributed by atoms with Crippen LogP contribution in [0.2, 0.25) is 0 Å². The Balaban J connectivity index is 1.78. The SMILES string of the molecule is CCN1CCN(c2ccccc2NC(=O)c2ccccc2OC)CC1. The van der Waals surface area contributed by atoms with Crippen molar-refractivity contribution in [2.75, 3.05) is 50.1 Å². The standard InChI is InChI=1S/C20H25N3O2/c1-3-22-12-14-23(15-13-22)18-10-6-5-9-17(18)21-20(24)16-8-4-7-11-19(16)25-2/h4-11H,3,12-15H2,1-2H3,(H,21,24). The molecule has 2 aromatic rings. The number of methoxy groups -OCH3 is 1. The molecule has 1 fully saturated rings. The zero-order valence-electron chi connectivity index (χ0n) is 14.9. The molecular weight excluding hydrogens is 314 g/mol. The minimum atomic E-state index is -0.155. The molecule has 0 aliphatic carbocycles. The Morgan fingerprint density at radius 1 is 1.04 bits per heavy atom. The number of rotatable bonds is 5. The number of carbonyl (C=O) groups is 1. The first-order chi connectivity index (χ1) is 12.2. The predicted octanol–water partition coefficient (Wildman–Crippen LogP) is 3.09. The maximum Gasteiger partial charge on any atom is 0.259 e. The van der Waals surface area contributed by atoms with Crippen LogP contribution in [0.25, 0.3) is 0 Å². The van der Waals surface area contributed by atoms with Crippen LogP contribution in [-0.4, -0.2) is 50.6 Å².